The quantitative estimate of drug-likeness (QED) is 0.103. The average Bonchev–Trinajstić information content (AvgIpc) is 3.71. The minimum absolute atomic E-state index is 0.637. The number of fused-ring (bicyclic) bond motifs is 9. The Morgan fingerprint density at radius 3 is 1.40 bits per heavy atom. The lowest BCUT2D eigenvalue weighted by atomic mass is 9.88. The van der Waals surface area contributed by atoms with Gasteiger partial charge in [-0.05, 0) is 106 Å². The molecule has 0 aliphatic heterocycles. The third-order valence-corrected chi connectivity index (χ3v) is 12.0. The molecule has 4 nitrogen and oxygen atoms in total. The summed E-state index contributed by atoms with van der Waals surface area (Å²) in [5.74, 6) is 1.93. The molecular formula is C57H37IN4S. The normalized spacial score (nSPS) is 11.3. The van der Waals surface area contributed by atoms with E-state index in [-0.39, 0.29) is 0 Å². The summed E-state index contributed by atoms with van der Waals surface area (Å²) in [6.07, 6.45) is 0. The predicted octanol–water partition coefficient (Wildman–Crippen LogP) is 16.0. The highest BCUT2D eigenvalue weighted by atomic mass is 127. The smallest absolute Gasteiger partial charge is 0.164 e. The van der Waals surface area contributed by atoms with Gasteiger partial charge in [0.1, 0.15) is 0 Å². The second-order valence-corrected chi connectivity index (χ2v) is 15.6. The lowest BCUT2D eigenvalue weighted by molar-refractivity contribution is 1.07. The van der Waals surface area contributed by atoms with Crippen LogP contribution in [0.15, 0.2) is 218 Å². The fourth-order valence-corrected chi connectivity index (χ4v) is 9.17. The van der Waals surface area contributed by atoms with Crippen molar-refractivity contribution in [2.24, 2.45) is 0 Å². The van der Waals surface area contributed by atoms with Crippen molar-refractivity contribution in [1.82, 2.24) is 19.5 Å². The van der Waals surface area contributed by atoms with E-state index in [4.69, 9.17) is 15.0 Å². The van der Waals surface area contributed by atoms with Crippen LogP contribution in [0.5, 0.6) is 0 Å². The number of thiol groups is 1. The van der Waals surface area contributed by atoms with Crippen molar-refractivity contribution in [3.8, 4) is 62.1 Å². The fourth-order valence-electron chi connectivity index (χ4n) is 9.17. The largest absolute Gasteiger partial charge is 0.309 e. The zero-order valence-corrected chi connectivity index (χ0v) is 37.0. The molecule has 63 heavy (non-hydrogen) atoms. The first-order valence-electron chi connectivity index (χ1n) is 20.9. The van der Waals surface area contributed by atoms with Gasteiger partial charge in [0.25, 0.3) is 0 Å². The number of para-hydroxylation sites is 1. The van der Waals surface area contributed by atoms with Gasteiger partial charge in [0.15, 0.2) is 17.5 Å². The van der Waals surface area contributed by atoms with Crippen LogP contribution in [0.4, 0.5) is 0 Å². The van der Waals surface area contributed by atoms with Crippen LogP contribution in [0, 0.1) is 0 Å². The van der Waals surface area contributed by atoms with Gasteiger partial charge in [-0.2, -0.15) is 0 Å². The van der Waals surface area contributed by atoms with E-state index in [1.54, 1.807) is 0 Å². The summed E-state index contributed by atoms with van der Waals surface area (Å²) in [6, 6.07) is 77.7. The van der Waals surface area contributed by atoms with E-state index < -0.39 is 0 Å². The molecule has 0 saturated heterocycles. The third kappa shape index (κ3) is 6.92. The Bertz CT molecular complexity index is 3570. The maximum atomic E-state index is 5.12. The monoisotopic (exact) mass is 936 g/mol. The maximum Gasteiger partial charge on any atom is 0.164 e. The molecule has 298 valence electrons. The van der Waals surface area contributed by atoms with Crippen LogP contribution < -0.4 is 0 Å². The van der Waals surface area contributed by atoms with Gasteiger partial charge in [-0.25, -0.2) is 15.0 Å². The van der Waals surface area contributed by atoms with Gasteiger partial charge in [-0.15, -0.1) is 9.80 Å². The van der Waals surface area contributed by atoms with Crippen LogP contribution in [0.25, 0.3) is 116 Å². The molecule has 0 aliphatic carbocycles. The molecular weight excluding hydrogens is 900 g/mol. The number of hydrogen-bond acceptors (Lipinski definition) is 4. The van der Waals surface area contributed by atoms with E-state index in [1.807, 2.05) is 57.6 Å². The van der Waals surface area contributed by atoms with E-state index in [9.17, 15) is 0 Å². The van der Waals surface area contributed by atoms with Gasteiger partial charge in [0.05, 0.1) is 11.0 Å². The highest BCUT2D eigenvalue weighted by Crippen LogP contribution is 2.43. The molecule has 2 heterocycles. The lowest BCUT2D eigenvalue weighted by Crippen LogP contribution is -2.00. The maximum absolute atomic E-state index is 5.12. The first kappa shape index (κ1) is 38.8. The number of hydrogen-bond donors (Lipinski definition) is 1. The molecule has 0 amide bonds. The molecule has 0 unspecified atom stereocenters. The number of halogens is 1. The molecule has 2 aromatic heterocycles. The molecule has 0 saturated carbocycles. The Morgan fingerprint density at radius 1 is 0.302 bits per heavy atom. The minimum atomic E-state index is 0.637. The van der Waals surface area contributed by atoms with Crippen LogP contribution in [0.1, 0.15) is 0 Å². The Morgan fingerprint density at radius 2 is 0.746 bits per heavy atom. The molecule has 10 aromatic carbocycles. The minimum Gasteiger partial charge on any atom is -0.309 e. The van der Waals surface area contributed by atoms with Crippen molar-refractivity contribution in [3.63, 3.8) is 0 Å². The molecule has 0 spiro atoms. The zero-order valence-electron chi connectivity index (χ0n) is 33.9. The molecule has 0 atom stereocenters. The summed E-state index contributed by atoms with van der Waals surface area (Å²) in [4.78, 5) is 15.2. The van der Waals surface area contributed by atoms with Crippen molar-refractivity contribution >= 4 is 85.1 Å². The van der Waals surface area contributed by atoms with Gasteiger partial charge in [0.2, 0.25) is 0 Å². The van der Waals surface area contributed by atoms with E-state index in [2.05, 4.69) is 196 Å². The molecule has 12 aromatic rings. The van der Waals surface area contributed by atoms with Gasteiger partial charge in [-0.3, -0.25) is 0 Å². The molecule has 0 radical (unpaired) electrons. The highest BCUT2D eigenvalue weighted by Gasteiger charge is 2.19. The van der Waals surface area contributed by atoms with Crippen molar-refractivity contribution < 1.29 is 0 Å². The first-order chi connectivity index (χ1) is 31.2. The van der Waals surface area contributed by atoms with Crippen molar-refractivity contribution in [2.45, 2.75) is 0 Å². The molecule has 0 N–H and O–H groups in total. The number of nitrogens with zero attached hydrogens (tertiary/aromatic N) is 4. The summed E-state index contributed by atoms with van der Waals surface area (Å²) < 4.78 is 2.41. The van der Waals surface area contributed by atoms with Gasteiger partial charge in [-0.1, -0.05) is 188 Å². The van der Waals surface area contributed by atoms with Crippen molar-refractivity contribution in [2.75, 3.05) is 0 Å². The highest BCUT2D eigenvalue weighted by molar-refractivity contribution is 14.2. The number of benzene rings is 10. The second-order valence-electron chi connectivity index (χ2n) is 15.6. The Balaban J connectivity index is 0.00000219. The number of aromatic nitrogens is 4. The second kappa shape index (κ2) is 16.6. The Kier molecular flexibility index (Phi) is 10.2. The van der Waals surface area contributed by atoms with Crippen LogP contribution in [0.3, 0.4) is 0 Å². The van der Waals surface area contributed by atoms with Crippen LogP contribution in [0.2, 0.25) is 0 Å². The molecule has 12 rings (SSSR count). The van der Waals surface area contributed by atoms with Crippen LogP contribution in [-0.2, 0) is 0 Å². The lowest BCUT2D eigenvalue weighted by Gasteiger charge is -2.16. The standard InChI is InChI=1S/C57H36N4.HIS/c1-4-15-37(16-5-1)38-27-31-43(32-28-38)61-52-26-13-12-23-48(52)49-34-29-41(36-53(49)61)44-24-14-25-50-46-22-11-10-21-45(46)47-33-30-42(35-51(47)54(44)50)57-59-55(39-17-6-2-7-18-39)58-56(60-57)40-19-8-3-9-20-40;1-2/h1-36H;2H. The van der Waals surface area contributed by atoms with Gasteiger partial charge >= 0.3 is 0 Å². The summed E-state index contributed by atoms with van der Waals surface area (Å²) in [6.45, 7) is 0. The van der Waals surface area contributed by atoms with E-state index in [0.29, 0.717) is 17.5 Å². The Labute approximate surface area is 382 Å². The fraction of sp³-hybridized carbons (Fsp3) is 0. The predicted molar refractivity (Wildman–Crippen MR) is 277 cm³/mol. The van der Waals surface area contributed by atoms with Crippen molar-refractivity contribution in [1.29, 1.82) is 0 Å². The molecule has 0 aliphatic rings. The van der Waals surface area contributed by atoms with Crippen LogP contribution >= 0.6 is 31.0 Å². The average molecular weight is 937 g/mol. The van der Waals surface area contributed by atoms with E-state index in [0.717, 1.165) is 33.3 Å². The summed E-state index contributed by atoms with van der Waals surface area (Å²) >= 11 is 1.84. The van der Waals surface area contributed by atoms with Crippen molar-refractivity contribution in [3.05, 3.63) is 218 Å². The SMILES string of the molecule is SI.c1ccc(-c2ccc(-n3c4ccccc4c4ccc(-c5cccc6c7ccccc7c7ccc(-c8nc(-c9ccccc9)nc(-c9ccccc9)n8)cc7c56)cc43)cc2)cc1. The molecule has 0 fully saturated rings. The van der Waals surface area contributed by atoms with Crippen LogP contribution in [-0.4, -0.2) is 19.5 Å². The first-order valence-corrected chi connectivity index (χ1v) is 24.1. The summed E-state index contributed by atoms with van der Waals surface area (Å²) in [5.41, 5.74) is 11.0. The Hall–Kier alpha value is -7.13. The van der Waals surface area contributed by atoms with Gasteiger partial charge in [0, 0.05) is 33.2 Å². The molecule has 6 heteroatoms. The third-order valence-electron chi connectivity index (χ3n) is 12.0. The zero-order chi connectivity index (χ0) is 42.3. The molecule has 0 bridgehead atoms. The van der Waals surface area contributed by atoms with E-state index >= 15 is 0 Å². The van der Waals surface area contributed by atoms with E-state index in [1.165, 1.54) is 65.4 Å². The van der Waals surface area contributed by atoms with Gasteiger partial charge < -0.3 is 4.57 Å². The number of rotatable bonds is 6. The summed E-state index contributed by atoms with van der Waals surface area (Å²) in [5, 5.41) is 9.66. The summed E-state index contributed by atoms with van der Waals surface area (Å²) in [7, 11) is 3.50. The topological polar surface area (TPSA) is 43.6 Å².